The van der Waals surface area contributed by atoms with E-state index in [1.165, 1.54) is 0 Å². The number of carbonyl (C=O) groups excluding carboxylic acids is 3. The third-order valence-electron chi connectivity index (χ3n) is 3.39. The number of amides is 3. The summed E-state index contributed by atoms with van der Waals surface area (Å²) in [4.78, 5) is 44.6. The summed E-state index contributed by atoms with van der Waals surface area (Å²) in [6.45, 7) is 3.51. The maximum absolute atomic E-state index is 11.9. The number of rotatable bonds is 8. The van der Waals surface area contributed by atoms with Gasteiger partial charge in [-0.15, -0.1) is 0 Å². The Morgan fingerprint density at radius 2 is 1.89 bits per heavy atom. The number of benzene rings is 1. The number of nitrogens with one attached hydrogen (secondary N) is 2. The van der Waals surface area contributed by atoms with E-state index in [2.05, 4.69) is 5.32 Å². The lowest BCUT2D eigenvalue weighted by molar-refractivity contribution is -0.387. The molecule has 0 aliphatic heterocycles. The molecule has 0 saturated carbocycles. The fourth-order valence-corrected chi connectivity index (χ4v) is 2.82. The molecular formula is C16H21N3O8S. The molecule has 154 valence electrons. The van der Waals surface area contributed by atoms with Crippen molar-refractivity contribution in [2.75, 3.05) is 19.4 Å². The van der Waals surface area contributed by atoms with Crippen molar-refractivity contribution in [2.45, 2.75) is 25.2 Å². The first-order chi connectivity index (χ1) is 12.9. The van der Waals surface area contributed by atoms with Gasteiger partial charge in [-0.2, -0.15) is 0 Å². The summed E-state index contributed by atoms with van der Waals surface area (Å²) in [6, 6.07) is 1.94. The third kappa shape index (κ3) is 7.31. The zero-order valence-corrected chi connectivity index (χ0v) is 16.4. The van der Waals surface area contributed by atoms with Crippen LogP contribution >= 0.6 is 0 Å². The van der Waals surface area contributed by atoms with E-state index in [0.29, 0.717) is 12.5 Å². The average Bonchev–Trinajstić information content (AvgIpc) is 2.57. The Bertz CT molecular complexity index is 880. The Morgan fingerprint density at radius 3 is 2.43 bits per heavy atom. The van der Waals surface area contributed by atoms with Crippen molar-refractivity contribution in [1.82, 2.24) is 10.6 Å². The van der Waals surface area contributed by atoms with Crippen molar-refractivity contribution in [3.63, 3.8) is 0 Å². The number of esters is 1. The van der Waals surface area contributed by atoms with Crippen LogP contribution in [0.3, 0.4) is 0 Å². The van der Waals surface area contributed by atoms with Gasteiger partial charge in [-0.05, 0) is 24.5 Å². The van der Waals surface area contributed by atoms with Gasteiger partial charge in [0.05, 0.1) is 10.5 Å². The van der Waals surface area contributed by atoms with E-state index >= 15 is 0 Å². The Kier molecular flexibility index (Phi) is 8.04. The molecule has 28 heavy (non-hydrogen) atoms. The fraction of sp³-hybridized carbons (Fsp3) is 0.438. The van der Waals surface area contributed by atoms with Gasteiger partial charge in [-0.1, -0.05) is 13.8 Å². The summed E-state index contributed by atoms with van der Waals surface area (Å²) in [7, 11) is -3.88. The third-order valence-corrected chi connectivity index (χ3v) is 4.53. The van der Waals surface area contributed by atoms with Crippen molar-refractivity contribution < 1.29 is 32.5 Å². The number of sulfone groups is 1. The molecule has 0 bridgehead atoms. The lowest BCUT2D eigenvalue weighted by atomic mass is 10.1. The predicted octanol–water partition coefficient (Wildman–Crippen LogP) is 1.03. The molecular weight excluding hydrogens is 394 g/mol. The Labute approximate surface area is 161 Å². The summed E-state index contributed by atoms with van der Waals surface area (Å²) < 4.78 is 27.8. The maximum atomic E-state index is 11.9. The van der Waals surface area contributed by atoms with Gasteiger partial charge < -0.3 is 10.1 Å². The average molecular weight is 415 g/mol. The predicted molar refractivity (Wildman–Crippen MR) is 97.5 cm³/mol. The van der Waals surface area contributed by atoms with Crippen molar-refractivity contribution in [3.8, 4) is 0 Å². The summed E-state index contributed by atoms with van der Waals surface area (Å²) in [5.74, 6) is -1.61. The highest BCUT2D eigenvalue weighted by atomic mass is 32.2. The van der Waals surface area contributed by atoms with E-state index in [-0.39, 0.29) is 5.56 Å². The van der Waals surface area contributed by atoms with Crippen LogP contribution in [0.25, 0.3) is 0 Å². The SMILES string of the molecule is CC(C)CCNC(=O)NC(=O)COC(=O)c1ccc(S(C)(=O)=O)c([N+](=O)[O-])c1. The molecule has 1 rings (SSSR count). The van der Waals surface area contributed by atoms with Gasteiger partial charge in [-0.25, -0.2) is 18.0 Å². The van der Waals surface area contributed by atoms with E-state index in [9.17, 15) is 32.9 Å². The molecule has 0 aromatic heterocycles. The summed E-state index contributed by atoms with van der Waals surface area (Å²) in [5.41, 5.74) is -1.10. The van der Waals surface area contributed by atoms with Crippen molar-refractivity contribution in [2.24, 2.45) is 5.92 Å². The van der Waals surface area contributed by atoms with Crippen LogP contribution in [-0.4, -0.2) is 50.7 Å². The number of carbonyl (C=O) groups is 3. The topological polar surface area (TPSA) is 162 Å². The number of nitrogens with zero attached hydrogens (tertiary/aromatic N) is 1. The summed E-state index contributed by atoms with van der Waals surface area (Å²) in [5, 5.41) is 15.5. The molecule has 1 aromatic rings. The van der Waals surface area contributed by atoms with E-state index in [1.807, 2.05) is 19.2 Å². The highest BCUT2D eigenvalue weighted by molar-refractivity contribution is 7.90. The molecule has 12 heteroatoms. The number of imide groups is 1. The van der Waals surface area contributed by atoms with Crippen LogP contribution in [0.2, 0.25) is 0 Å². The van der Waals surface area contributed by atoms with Crippen LogP contribution in [0.15, 0.2) is 23.1 Å². The van der Waals surface area contributed by atoms with Gasteiger partial charge in [0.25, 0.3) is 11.6 Å². The van der Waals surface area contributed by atoms with E-state index < -0.39 is 49.9 Å². The second-order valence-corrected chi connectivity index (χ2v) is 8.26. The number of hydrogen-bond acceptors (Lipinski definition) is 8. The first-order valence-electron chi connectivity index (χ1n) is 8.15. The van der Waals surface area contributed by atoms with E-state index in [0.717, 1.165) is 30.9 Å². The van der Waals surface area contributed by atoms with Crippen LogP contribution < -0.4 is 10.6 Å². The molecule has 0 unspecified atom stereocenters. The van der Waals surface area contributed by atoms with Crippen molar-refractivity contribution in [1.29, 1.82) is 0 Å². The minimum absolute atomic E-state index is 0.312. The molecule has 3 amide bonds. The summed E-state index contributed by atoms with van der Waals surface area (Å²) in [6.07, 6.45) is 1.52. The van der Waals surface area contributed by atoms with Gasteiger partial charge >= 0.3 is 12.0 Å². The molecule has 2 N–H and O–H groups in total. The van der Waals surface area contributed by atoms with Gasteiger partial charge in [0.2, 0.25) is 0 Å². The molecule has 0 spiro atoms. The zero-order chi connectivity index (χ0) is 21.5. The molecule has 11 nitrogen and oxygen atoms in total. The minimum Gasteiger partial charge on any atom is -0.452 e. The van der Waals surface area contributed by atoms with Gasteiger partial charge in [0, 0.05) is 18.9 Å². The normalized spacial score (nSPS) is 11.0. The van der Waals surface area contributed by atoms with Crippen LogP contribution in [0, 0.1) is 16.0 Å². The standard InChI is InChI=1S/C16H21N3O8S/c1-10(2)6-7-17-16(22)18-14(20)9-27-15(21)11-4-5-13(28(3,25)26)12(8-11)19(23)24/h4-5,8,10H,6-7,9H2,1-3H3,(H2,17,18,20,22). The second kappa shape index (κ2) is 9.78. The molecule has 1 aromatic carbocycles. The smallest absolute Gasteiger partial charge is 0.338 e. The van der Waals surface area contributed by atoms with Gasteiger partial charge in [0.1, 0.15) is 4.90 Å². The first kappa shape index (κ1) is 23.0. The number of hydrogen-bond donors (Lipinski definition) is 2. The number of nitro groups is 1. The molecule has 0 heterocycles. The maximum Gasteiger partial charge on any atom is 0.338 e. The number of ether oxygens (including phenoxy) is 1. The lowest BCUT2D eigenvalue weighted by Crippen LogP contribution is -2.41. The Hall–Kier alpha value is -3.02. The first-order valence-corrected chi connectivity index (χ1v) is 10.0. The molecule has 0 fully saturated rings. The number of urea groups is 1. The van der Waals surface area contributed by atoms with Crippen LogP contribution in [-0.2, 0) is 19.4 Å². The fourth-order valence-electron chi connectivity index (χ4n) is 2.00. The highest BCUT2D eigenvalue weighted by Crippen LogP contribution is 2.25. The molecule has 0 aliphatic rings. The zero-order valence-electron chi connectivity index (χ0n) is 15.6. The van der Waals surface area contributed by atoms with E-state index in [1.54, 1.807) is 0 Å². The Balaban J connectivity index is 2.68. The van der Waals surface area contributed by atoms with Gasteiger partial charge in [-0.3, -0.25) is 20.2 Å². The molecule has 0 aliphatic carbocycles. The summed E-state index contributed by atoms with van der Waals surface area (Å²) >= 11 is 0. The number of nitro benzene ring substituents is 1. The Morgan fingerprint density at radius 1 is 1.25 bits per heavy atom. The largest absolute Gasteiger partial charge is 0.452 e. The highest BCUT2D eigenvalue weighted by Gasteiger charge is 2.24. The molecule has 0 atom stereocenters. The van der Waals surface area contributed by atoms with Crippen molar-refractivity contribution >= 4 is 33.4 Å². The molecule has 0 saturated heterocycles. The molecule has 0 radical (unpaired) electrons. The van der Waals surface area contributed by atoms with Crippen molar-refractivity contribution in [3.05, 3.63) is 33.9 Å². The second-order valence-electron chi connectivity index (χ2n) is 6.27. The van der Waals surface area contributed by atoms with Gasteiger partial charge in [0.15, 0.2) is 16.4 Å². The monoisotopic (exact) mass is 415 g/mol. The van der Waals surface area contributed by atoms with Crippen LogP contribution in [0.4, 0.5) is 10.5 Å². The van der Waals surface area contributed by atoms with Crippen LogP contribution in [0.1, 0.15) is 30.6 Å². The lowest BCUT2D eigenvalue weighted by Gasteiger charge is -2.09. The minimum atomic E-state index is -3.88. The quantitative estimate of drug-likeness (QED) is 0.361. The van der Waals surface area contributed by atoms with Crippen LogP contribution in [0.5, 0.6) is 0 Å². The van der Waals surface area contributed by atoms with E-state index in [4.69, 9.17) is 4.74 Å².